The first-order chi connectivity index (χ1) is 13.7. The lowest BCUT2D eigenvalue weighted by Gasteiger charge is -2.27. The Balaban J connectivity index is 1.58. The molecule has 2 aromatic carbocycles. The Labute approximate surface area is 165 Å². The molecular formula is C25H24N2O. The molecule has 2 aliphatic rings. The number of hydrogen-bond acceptors (Lipinski definition) is 2. The molecule has 28 heavy (non-hydrogen) atoms. The Bertz CT molecular complexity index is 1080. The number of benzene rings is 2. The van der Waals surface area contributed by atoms with E-state index >= 15 is 0 Å². The van der Waals surface area contributed by atoms with Crippen LogP contribution in [0.1, 0.15) is 52.0 Å². The number of amides is 1. The summed E-state index contributed by atoms with van der Waals surface area (Å²) < 4.78 is 0. The molecule has 3 nitrogen and oxygen atoms in total. The molecule has 3 aromatic rings. The minimum absolute atomic E-state index is 0.181. The lowest BCUT2D eigenvalue weighted by molar-refractivity contribution is 0.0726. The highest BCUT2D eigenvalue weighted by Gasteiger charge is 2.33. The fraction of sp³-hybridized carbons (Fsp3) is 0.280. The van der Waals surface area contributed by atoms with Crippen molar-refractivity contribution in [3.63, 3.8) is 0 Å². The molecule has 1 amide bonds. The molecule has 0 saturated carbocycles. The smallest absolute Gasteiger partial charge is 0.255 e. The summed E-state index contributed by atoms with van der Waals surface area (Å²) in [6.45, 7) is 2.72. The van der Waals surface area contributed by atoms with Crippen molar-refractivity contribution in [1.82, 2.24) is 9.88 Å². The molecule has 1 aliphatic carbocycles. The van der Waals surface area contributed by atoms with Gasteiger partial charge >= 0.3 is 0 Å². The van der Waals surface area contributed by atoms with Crippen LogP contribution < -0.4 is 0 Å². The second-order valence-electron chi connectivity index (χ2n) is 7.95. The van der Waals surface area contributed by atoms with Crippen LogP contribution in [0.25, 0.3) is 10.8 Å². The number of allylic oxidation sites excluding steroid dienone is 1. The molecule has 2 heterocycles. The van der Waals surface area contributed by atoms with Crippen molar-refractivity contribution >= 4 is 16.7 Å². The number of rotatable bonds is 3. The predicted octanol–water partition coefficient (Wildman–Crippen LogP) is 5.20. The van der Waals surface area contributed by atoms with Gasteiger partial charge in [-0.2, -0.15) is 0 Å². The van der Waals surface area contributed by atoms with E-state index in [1.807, 2.05) is 19.2 Å². The van der Waals surface area contributed by atoms with Crippen molar-refractivity contribution < 1.29 is 4.79 Å². The number of nitrogens with zero attached hydrogens (tertiary/aromatic N) is 2. The highest BCUT2D eigenvalue weighted by atomic mass is 16.2. The Hall–Kier alpha value is -2.94. The maximum Gasteiger partial charge on any atom is 0.255 e. The number of carbonyl (C=O) groups is 1. The molecular weight excluding hydrogens is 344 g/mol. The molecule has 5 rings (SSSR count). The van der Waals surface area contributed by atoms with E-state index in [-0.39, 0.29) is 11.9 Å². The summed E-state index contributed by atoms with van der Waals surface area (Å²) >= 11 is 0. The fourth-order valence-electron chi connectivity index (χ4n) is 4.56. The zero-order valence-corrected chi connectivity index (χ0v) is 16.2. The van der Waals surface area contributed by atoms with Gasteiger partial charge in [0.05, 0.1) is 6.04 Å². The van der Waals surface area contributed by atoms with Gasteiger partial charge in [-0.15, -0.1) is 0 Å². The molecule has 1 unspecified atom stereocenters. The van der Waals surface area contributed by atoms with E-state index in [0.717, 1.165) is 43.5 Å². The molecule has 1 aliphatic heterocycles. The molecule has 1 aromatic heterocycles. The van der Waals surface area contributed by atoms with Gasteiger partial charge < -0.3 is 4.90 Å². The monoisotopic (exact) mass is 368 g/mol. The van der Waals surface area contributed by atoms with Crippen molar-refractivity contribution in [3.8, 4) is 0 Å². The standard InChI is InChI=1S/C25H24N2O/c1-17-11-12-18(15-26-17)13-19-14-23-24(22-10-6-5-9-21(19)22)16-27(25(23)28)20-7-3-2-4-8-20/h3,5-7,9-12,14-15,20H,2,4,8,13,16H2,1H3. The SMILES string of the molecule is Cc1ccc(Cc2cc3c(c4ccccc24)CN(C2C=CCCC2)C3=O)cn1. The third-order valence-corrected chi connectivity index (χ3v) is 6.06. The second-order valence-corrected chi connectivity index (χ2v) is 7.95. The third-order valence-electron chi connectivity index (χ3n) is 6.06. The van der Waals surface area contributed by atoms with Crippen LogP contribution in [0.2, 0.25) is 0 Å². The van der Waals surface area contributed by atoms with E-state index < -0.39 is 0 Å². The van der Waals surface area contributed by atoms with E-state index in [4.69, 9.17) is 0 Å². The van der Waals surface area contributed by atoms with Gasteiger partial charge in [-0.25, -0.2) is 0 Å². The van der Waals surface area contributed by atoms with Gasteiger partial charge in [0.15, 0.2) is 0 Å². The first-order valence-electron chi connectivity index (χ1n) is 10.1. The average molecular weight is 368 g/mol. The molecule has 0 bridgehead atoms. The summed E-state index contributed by atoms with van der Waals surface area (Å²) in [4.78, 5) is 19.8. The van der Waals surface area contributed by atoms with Crippen molar-refractivity contribution in [2.75, 3.05) is 0 Å². The van der Waals surface area contributed by atoms with Crippen molar-refractivity contribution in [2.45, 2.75) is 45.2 Å². The second kappa shape index (κ2) is 6.90. The van der Waals surface area contributed by atoms with Crippen LogP contribution in [-0.4, -0.2) is 21.8 Å². The fourth-order valence-corrected chi connectivity index (χ4v) is 4.56. The van der Waals surface area contributed by atoms with Gasteiger partial charge in [-0.05, 0) is 72.2 Å². The number of fused-ring (bicyclic) bond motifs is 3. The summed E-state index contributed by atoms with van der Waals surface area (Å²) in [5, 5.41) is 2.46. The normalized spacial score (nSPS) is 18.7. The molecule has 0 N–H and O–H groups in total. The highest BCUT2D eigenvalue weighted by molar-refractivity contribution is 6.05. The van der Waals surface area contributed by atoms with Gasteiger partial charge in [0.2, 0.25) is 0 Å². The van der Waals surface area contributed by atoms with Crippen LogP contribution in [0.3, 0.4) is 0 Å². The molecule has 3 heteroatoms. The van der Waals surface area contributed by atoms with Gasteiger partial charge in [0.25, 0.3) is 5.91 Å². The van der Waals surface area contributed by atoms with Gasteiger partial charge in [-0.3, -0.25) is 9.78 Å². The van der Waals surface area contributed by atoms with Gasteiger partial charge in [-0.1, -0.05) is 42.5 Å². The molecule has 0 fully saturated rings. The highest BCUT2D eigenvalue weighted by Crippen LogP contribution is 2.36. The van der Waals surface area contributed by atoms with Gasteiger partial charge in [0.1, 0.15) is 0 Å². The number of carbonyl (C=O) groups excluding carboxylic acids is 1. The van der Waals surface area contributed by atoms with Crippen molar-refractivity contribution in [3.05, 3.63) is 88.8 Å². The number of aromatic nitrogens is 1. The quantitative estimate of drug-likeness (QED) is 0.596. The lowest BCUT2D eigenvalue weighted by Crippen LogP contribution is -2.34. The Kier molecular flexibility index (Phi) is 4.23. The molecule has 0 saturated heterocycles. The summed E-state index contributed by atoms with van der Waals surface area (Å²) in [7, 11) is 0. The van der Waals surface area contributed by atoms with Crippen LogP contribution in [0.5, 0.6) is 0 Å². The number of pyridine rings is 1. The lowest BCUT2D eigenvalue weighted by atomic mass is 9.93. The summed E-state index contributed by atoms with van der Waals surface area (Å²) in [6.07, 6.45) is 10.5. The van der Waals surface area contributed by atoms with Gasteiger partial charge in [0, 0.05) is 24.0 Å². The van der Waals surface area contributed by atoms with Crippen molar-refractivity contribution in [2.24, 2.45) is 0 Å². The summed E-state index contributed by atoms with van der Waals surface area (Å²) in [5.41, 5.74) is 5.47. The van der Waals surface area contributed by atoms with Crippen LogP contribution in [0.4, 0.5) is 0 Å². The first kappa shape index (κ1) is 17.2. The Morgan fingerprint density at radius 2 is 2.00 bits per heavy atom. The summed E-state index contributed by atoms with van der Waals surface area (Å²) in [5.74, 6) is 0.181. The van der Waals surface area contributed by atoms with Crippen LogP contribution in [-0.2, 0) is 13.0 Å². The summed E-state index contributed by atoms with van der Waals surface area (Å²) in [6, 6.07) is 15.1. The van der Waals surface area contributed by atoms with Crippen LogP contribution in [0, 0.1) is 6.92 Å². The van der Waals surface area contributed by atoms with E-state index in [0.29, 0.717) is 0 Å². The van der Waals surface area contributed by atoms with E-state index in [9.17, 15) is 4.79 Å². The Morgan fingerprint density at radius 3 is 2.75 bits per heavy atom. The van der Waals surface area contributed by atoms with Crippen LogP contribution >= 0.6 is 0 Å². The minimum Gasteiger partial charge on any atom is -0.328 e. The maximum atomic E-state index is 13.3. The van der Waals surface area contributed by atoms with E-state index in [2.05, 4.69) is 58.4 Å². The zero-order chi connectivity index (χ0) is 19.1. The first-order valence-corrected chi connectivity index (χ1v) is 10.1. The Morgan fingerprint density at radius 1 is 1.14 bits per heavy atom. The molecule has 0 spiro atoms. The van der Waals surface area contributed by atoms with E-state index in [1.165, 1.54) is 27.5 Å². The maximum absolute atomic E-state index is 13.3. The van der Waals surface area contributed by atoms with E-state index in [1.54, 1.807) is 0 Å². The average Bonchev–Trinajstić information content (AvgIpc) is 3.07. The number of hydrogen-bond donors (Lipinski definition) is 0. The van der Waals surface area contributed by atoms with Crippen LogP contribution in [0.15, 0.2) is 60.8 Å². The molecule has 1 atom stereocenters. The predicted molar refractivity (Wildman–Crippen MR) is 112 cm³/mol. The topological polar surface area (TPSA) is 33.2 Å². The zero-order valence-electron chi connectivity index (χ0n) is 16.2. The third kappa shape index (κ3) is 2.91. The van der Waals surface area contributed by atoms with Crippen molar-refractivity contribution in [1.29, 1.82) is 0 Å². The number of aryl methyl sites for hydroxylation is 1. The largest absolute Gasteiger partial charge is 0.328 e. The minimum atomic E-state index is 0.181. The molecule has 140 valence electrons. The molecule has 0 radical (unpaired) electrons.